The second kappa shape index (κ2) is 9.19. The molecular weight excluding hydrogens is 436 g/mol. The van der Waals surface area contributed by atoms with Gasteiger partial charge in [-0.3, -0.25) is 9.80 Å². The molecule has 2 aliphatic heterocycles. The lowest BCUT2D eigenvalue weighted by molar-refractivity contribution is 0.0664. The zero-order chi connectivity index (χ0) is 22.9. The maximum Gasteiger partial charge on any atom is 0.288 e. The molecule has 2 aromatic heterocycles. The van der Waals surface area contributed by atoms with Gasteiger partial charge in [0.2, 0.25) is 0 Å². The number of thiophene rings is 1. The van der Waals surface area contributed by atoms with E-state index in [9.17, 15) is 4.79 Å². The van der Waals surface area contributed by atoms with Crippen molar-refractivity contribution in [1.82, 2.24) is 20.2 Å². The summed E-state index contributed by atoms with van der Waals surface area (Å²) in [4.78, 5) is 13.5. The van der Waals surface area contributed by atoms with Gasteiger partial charge in [0.25, 0.3) is 5.91 Å². The largest absolute Gasteiger partial charge is 0.496 e. The summed E-state index contributed by atoms with van der Waals surface area (Å²) < 4.78 is 13.7. The van der Waals surface area contributed by atoms with Crippen LogP contribution in [0.2, 0.25) is 0 Å². The van der Waals surface area contributed by atoms with E-state index in [1.165, 1.54) is 0 Å². The van der Waals surface area contributed by atoms with E-state index < -0.39 is 0 Å². The summed E-state index contributed by atoms with van der Waals surface area (Å²) in [5.74, 6) is 1.98. The fraction of sp³-hybridized carbons (Fsp3) is 0.440. The molecule has 7 nitrogen and oxygen atoms in total. The van der Waals surface area contributed by atoms with Crippen LogP contribution < -0.4 is 14.9 Å². The summed E-state index contributed by atoms with van der Waals surface area (Å²) in [7, 11) is 1.69. The van der Waals surface area contributed by atoms with Crippen molar-refractivity contribution in [2.75, 3.05) is 20.2 Å². The highest BCUT2D eigenvalue weighted by atomic mass is 32.1. The quantitative estimate of drug-likeness (QED) is 0.583. The van der Waals surface area contributed by atoms with E-state index in [1.807, 2.05) is 22.2 Å². The number of rotatable bonds is 5. The molecule has 0 spiro atoms. The third kappa shape index (κ3) is 4.13. The zero-order valence-corrected chi connectivity index (χ0v) is 20.2. The summed E-state index contributed by atoms with van der Waals surface area (Å²) in [6.07, 6.45) is 4.07. The first-order chi connectivity index (χ1) is 16.1. The minimum atomic E-state index is -0.0925. The van der Waals surface area contributed by atoms with E-state index in [2.05, 4.69) is 30.7 Å². The maximum atomic E-state index is 13.5. The fourth-order valence-corrected chi connectivity index (χ4v) is 5.23. The molecule has 8 heteroatoms. The van der Waals surface area contributed by atoms with Crippen molar-refractivity contribution in [2.45, 2.75) is 46.1 Å². The smallest absolute Gasteiger partial charge is 0.288 e. The molecule has 0 saturated carbocycles. The Hall–Kier alpha value is -2.84. The Bertz CT molecular complexity index is 1150. The highest BCUT2D eigenvalue weighted by Crippen LogP contribution is 2.44. The van der Waals surface area contributed by atoms with Crippen molar-refractivity contribution in [3.8, 4) is 28.4 Å². The van der Waals surface area contributed by atoms with Gasteiger partial charge in [-0.05, 0) is 48.3 Å². The number of hydrogen-bond donors (Lipinski definition) is 1. The van der Waals surface area contributed by atoms with Crippen LogP contribution in [-0.4, -0.2) is 40.9 Å². The SMILES string of the molecule is COc1cc2c(cc1CC(C)C)-c1c(c(C(=O)N3CCCCCN3)nn1-c1ccsc1)CO2. The second-order valence-electron chi connectivity index (χ2n) is 9.04. The second-order valence-corrected chi connectivity index (χ2v) is 9.82. The van der Waals surface area contributed by atoms with E-state index in [1.54, 1.807) is 23.5 Å². The third-order valence-corrected chi connectivity index (χ3v) is 6.85. The van der Waals surface area contributed by atoms with E-state index in [0.717, 1.165) is 71.8 Å². The number of fused-ring (bicyclic) bond motifs is 3. The first kappa shape index (κ1) is 22.0. The number of nitrogens with one attached hydrogen (secondary N) is 1. The lowest BCUT2D eigenvalue weighted by atomic mass is 9.95. The number of ether oxygens (including phenoxy) is 2. The molecule has 0 atom stereocenters. The van der Waals surface area contributed by atoms with Crippen LogP contribution in [0.15, 0.2) is 29.0 Å². The van der Waals surface area contributed by atoms with Crippen LogP contribution in [0.5, 0.6) is 11.5 Å². The number of methoxy groups -OCH3 is 1. The summed E-state index contributed by atoms with van der Waals surface area (Å²) in [6, 6.07) is 6.15. The van der Waals surface area contributed by atoms with Crippen molar-refractivity contribution in [2.24, 2.45) is 5.92 Å². The lowest BCUT2D eigenvalue weighted by Crippen LogP contribution is -2.43. The van der Waals surface area contributed by atoms with E-state index in [4.69, 9.17) is 14.6 Å². The van der Waals surface area contributed by atoms with Gasteiger partial charge in [-0.2, -0.15) is 16.4 Å². The minimum Gasteiger partial charge on any atom is -0.496 e. The summed E-state index contributed by atoms with van der Waals surface area (Å²) in [6.45, 7) is 6.18. The van der Waals surface area contributed by atoms with Crippen LogP contribution in [-0.2, 0) is 13.0 Å². The maximum absolute atomic E-state index is 13.5. The Morgan fingerprint density at radius 1 is 1.30 bits per heavy atom. The van der Waals surface area contributed by atoms with Crippen molar-refractivity contribution in [1.29, 1.82) is 0 Å². The molecule has 0 radical (unpaired) electrons. The molecule has 0 bridgehead atoms. The normalized spacial score (nSPS) is 15.6. The van der Waals surface area contributed by atoms with Gasteiger partial charge in [-0.25, -0.2) is 10.1 Å². The third-order valence-electron chi connectivity index (χ3n) is 6.18. The average Bonchev–Trinajstić information content (AvgIpc) is 3.38. The monoisotopic (exact) mass is 466 g/mol. The highest BCUT2D eigenvalue weighted by Gasteiger charge is 2.33. The van der Waals surface area contributed by atoms with Crippen LogP contribution in [0.25, 0.3) is 16.9 Å². The van der Waals surface area contributed by atoms with Crippen LogP contribution in [0.4, 0.5) is 0 Å². The molecule has 3 aromatic rings. The van der Waals surface area contributed by atoms with Crippen LogP contribution in [0.1, 0.15) is 54.7 Å². The number of amides is 1. The van der Waals surface area contributed by atoms with Crippen molar-refractivity contribution in [3.63, 3.8) is 0 Å². The molecule has 1 fully saturated rings. The molecule has 2 aliphatic rings. The van der Waals surface area contributed by atoms with Crippen LogP contribution in [0, 0.1) is 5.92 Å². The van der Waals surface area contributed by atoms with Gasteiger partial charge >= 0.3 is 0 Å². The Labute approximate surface area is 198 Å². The number of benzene rings is 1. The molecule has 1 N–H and O–H groups in total. The predicted molar refractivity (Wildman–Crippen MR) is 129 cm³/mol. The first-order valence-electron chi connectivity index (χ1n) is 11.6. The standard InChI is InChI=1S/C25H30N4O3S/c1-16(2)11-17-12-19-22(13-21(17)31-3)32-14-20-23(25(30)28-9-6-4-5-8-26-28)27-29(24(19)20)18-7-10-33-15-18/h7,10,12-13,15-16,26H,4-6,8-9,11,14H2,1-3H3. The number of hydrazine groups is 1. The van der Waals surface area contributed by atoms with Crippen molar-refractivity contribution in [3.05, 3.63) is 45.8 Å². The molecule has 0 aliphatic carbocycles. The molecule has 0 unspecified atom stereocenters. The first-order valence-corrected chi connectivity index (χ1v) is 12.5. The molecule has 1 aromatic carbocycles. The van der Waals surface area contributed by atoms with Gasteiger partial charge in [0.15, 0.2) is 5.69 Å². The molecular formula is C25H30N4O3S. The average molecular weight is 467 g/mol. The molecule has 5 rings (SSSR count). The Morgan fingerprint density at radius 3 is 2.94 bits per heavy atom. The van der Waals surface area contributed by atoms with Crippen LogP contribution in [0.3, 0.4) is 0 Å². The van der Waals surface area contributed by atoms with Crippen molar-refractivity contribution < 1.29 is 14.3 Å². The number of carbonyl (C=O) groups excluding carboxylic acids is 1. The van der Waals surface area contributed by atoms with Crippen LogP contribution >= 0.6 is 11.3 Å². The highest BCUT2D eigenvalue weighted by molar-refractivity contribution is 7.08. The molecule has 1 saturated heterocycles. The topological polar surface area (TPSA) is 68.6 Å². The Balaban J connectivity index is 1.66. The molecule has 4 heterocycles. The predicted octanol–water partition coefficient (Wildman–Crippen LogP) is 4.83. The Morgan fingerprint density at radius 2 is 2.18 bits per heavy atom. The lowest BCUT2D eigenvalue weighted by Gasteiger charge is -2.23. The van der Waals surface area contributed by atoms with Crippen molar-refractivity contribution >= 4 is 17.2 Å². The number of aromatic nitrogens is 2. The zero-order valence-electron chi connectivity index (χ0n) is 19.4. The van der Waals surface area contributed by atoms with E-state index in [0.29, 0.717) is 24.8 Å². The van der Waals surface area contributed by atoms with Gasteiger partial charge in [0.1, 0.15) is 18.1 Å². The van der Waals surface area contributed by atoms with Gasteiger partial charge in [-0.1, -0.05) is 20.3 Å². The van der Waals surface area contributed by atoms with Gasteiger partial charge < -0.3 is 9.47 Å². The molecule has 33 heavy (non-hydrogen) atoms. The minimum absolute atomic E-state index is 0.0925. The molecule has 1 amide bonds. The van der Waals surface area contributed by atoms with E-state index >= 15 is 0 Å². The molecule has 174 valence electrons. The van der Waals surface area contributed by atoms with Gasteiger partial charge in [0.05, 0.1) is 18.5 Å². The summed E-state index contributed by atoms with van der Waals surface area (Å²) >= 11 is 1.61. The summed E-state index contributed by atoms with van der Waals surface area (Å²) in [5.41, 5.74) is 8.53. The van der Waals surface area contributed by atoms with Gasteiger partial charge in [0, 0.05) is 35.7 Å². The summed E-state index contributed by atoms with van der Waals surface area (Å²) in [5, 5.41) is 10.7. The van der Waals surface area contributed by atoms with Gasteiger partial charge in [-0.15, -0.1) is 0 Å². The number of hydrogen-bond acceptors (Lipinski definition) is 6. The fourth-order valence-electron chi connectivity index (χ4n) is 4.62. The van der Waals surface area contributed by atoms with E-state index in [-0.39, 0.29) is 5.91 Å². The number of carbonyl (C=O) groups is 1. The Kier molecular flexibility index (Phi) is 6.12. The number of nitrogens with zero attached hydrogens (tertiary/aromatic N) is 3.